The molecule has 0 aromatic heterocycles. The van der Waals surface area contributed by atoms with Crippen LogP contribution in [0.15, 0.2) is 12.1 Å². The fraction of sp³-hybridized carbons (Fsp3) is 0.600. The number of rotatable bonds is 7. The van der Waals surface area contributed by atoms with Gasteiger partial charge >= 0.3 is 6.09 Å². The highest BCUT2D eigenvalue weighted by Gasteiger charge is 2.24. The van der Waals surface area contributed by atoms with E-state index in [2.05, 4.69) is 5.32 Å². The third kappa shape index (κ3) is 6.61. The number of benzene rings is 1. The lowest BCUT2D eigenvalue weighted by Crippen LogP contribution is -2.47. The van der Waals surface area contributed by atoms with Gasteiger partial charge in [-0.15, -0.1) is 0 Å². The molecule has 1 aliphatic heterocycles. The number of nitrogens with one attached hydrogen (secondary N) is 1. The summed E-state index contributed by atoms with van der Waals surface area (Å²) in [5.41, 5.74) is 1.86. The van der Waals surface area contributed by atoms with Crippen LogP contribution in [0.1, 0.15) is 43.7 Å². The normalized spacial score (nSPS) is 14.7. The van der Waals surface area contributed by atoms with Crippen molar-refractivity contribution < 1.29 is 19.1 Å². The number of hydrogen-bond acceptors (Lipinski definition) is 4. The van der Waals surface area contributed by atoms with E-state index in [1.54, 1.807) is 4.90 Å². The second kappa shape index (κ2) is 10.4. The standard InChI is InChI=1S/C20H29ClN2O4/c1-4-5-10-26-20(25)22-16-6-8-23(9-7-16)18(24)13-27-17-11-14(2)19(21)15(3)12-17/h11-12,16H,4-10,13H2,1-3H3,(H,22,25). The van der Waals surface area contributed by atoms with Crippen molar-refractivity contribution in [2.45, 2.75) is 52.5 Å². The van der Waals surface area contributed by atoms with Crippen LogP contribution in [0.3, 0.4) is 0 Å². The molecular weight excluding hydrogens is 368 g/mol. The molecule has 1 N–H and O–H groups in total. The predicted molar refractivity (Wildman–Crippen MR) is 105 cm³/mol. The second-order valence-corrected chi connectivity index (χ2v) is 7.33. The molecule has 0 aliphatic carbocycles. The molecule has 0 spiro atoms. The lowest BCUT2D eigenvalue weighted by molar-refractivity contribution is -0.134. The van der Waals surface area contributed by atoms with Crippen LogP contribution in [0.5, 0.6) is 5.75 Å². The minimum Gasteiger partial charge on any atom is -0.484 e. The molecule has 0 bridgehead atoms. The van der Waals surface area contributed by atoms with Crippen LogP contribution in [0.2, 0.25) is 5.02 Å². The number of aryl methyl sites for hydroxylation is 2. The van der Waals surface area contributed by atoms with Gasteiger partial charge < -0.3 is 19.7 Å². The van der Waals surface area contributed by atoms with Crippen molar-refractivity contribution in [1.29, 1.82) is 0 Å². The van der Waals surface area contributed by atoms with E-state index >= 15 is 0 Å². The van der Waals surface area contributed by atoms with Crippen molar-refractivity contribution in [2.24, 2.45) is 0 Å². The Morgan fingerprint density at radius 1 is 1.22 bits per heavy atom. The fourth-order valence-corrected chi connectivity index (χ4v) is 3.13. The topological polar surface area (TPSA) is 67.9 Å². The lowest BCUT2D eigenvalue weighted by atomic mass is 10.1. The zero-order chi connectivity index (χ0) is 19.8. The largest absolute Gasteiger partial charge is 0.484 e. The van der Waals surface area contributed by atoms with Crippen LogP contribution in [0, 0.1) is 13.8 Å². The van der Waals surface area contributed by atoms with Gasteiger partial charge in [-0.1, -0.05) is 24.9 Å². The highest BCUT2D eigenvalue weighted by molar-refractivity contribution is 6.32. The molecule has 1 saturated heterocycles. The van der Waals surface area contributed by atoms with Crippen LogP contribution in [-0.2, 0) is 9.53 Å². The number of unbranched alkanes of at least 4 members (excludes halogenated alkanes) is 1. The van der Waals surface area contributed by atoms with E-state index < -0.39 is 0 Å². The number of carbonyl (C=O) groups excluding carboxylic acids is 2. The predicted octanol–water partition coefficient (Wildman–Crippen LogP) is 3.85. The average Bonchev–Trinajstić information content (AvgIpc) is 2.65. The zero-order valence-electron chi connectivity index (χ0n) is 16.3. The molecule has 0 radical (unpaired) electrons. The van der Waals surface area contributed by atoms with E-state index in [9.17, 15) is 9.59 Å². The lowest BCUT2D eigenvalue weighted by Gasteiger charge is -2.32. The molecule has 1 aliphatic rings. The Bertz CT molecular complexity index is 634. The van der Waals surface area contributed by atoms with E-state index in [1.165, 1.54) is 0 Å². The molecule has 1 aromatic rings. The van der Waals surface area contributed by atoms with E-state index in [1.807, 2.05) is 32.9 Å². The van der Waals surface area contributed by atoms with Gasteiger partial charge in [0.2, 0.25) is 0 Å². The van der Waals surface area contributed by atoms with E-state index in [0.717, 1.165) is 29.0 Å². The molecule has 0 atom stereocenters. The van der Waals surface area contributed by atoms with E-state index in [4.69, 9.17) is 21.1 Å². The minimum absolute atomic E-state index is 0.00231. The van der Waals surface area contributed by atoms with Crippen molar-refractivity contribution in [3.05, 3.63) is 28.3 Å². The molecule has 27 heavy (non-hydrogen) atoms. The first kappa shape index (κ1) is 21.4. The van der Waals surface area contributed by atoms with Crippen molar-refractivity contribution >= 4 is 23.6 Å². The number of alkyl carbamates (subject to hydrolysis) is 1. The number of piperidine rings is 1. The first-order chi connectivity index (χ1) is 12.9. The van der Waals surface area contributed by atoms with Crippen molar-refractivity contribution in [1.82, 2.24) is 10.2 Å². The van der Waals surface area contributed by atoms with Crippen LogP contribution < -0.4 is 10.1 Å². The Morgan fingerprint density at radius 2 is 1.85 bits per heavy atom. The van der Waals surface area contributed by atoms with Gasteiger partial charge in [0, 0.05) is 24.2 Å². The maximum absolute atomic E-state index is 12.4. The summed E-state index contributed by atoms with van der Waals surface area (Å²) in [5.74, 6) is 0.596. The summed E-state index contributed by atoms with van der Waals surface area (Å²) in [4.78, 5) is 25.8. The number of halogens is 1. The highest BCUT2D eigenvalue weighted by atomic mass is 35.5. The molecule has 0 saturated carbocycles. The summed E-state index contributed by atoms with van der Waals surface area (Å²) in [6, 6.07) is 3.72. The third-order valence-electron chi connectivity index (χ3n) is 4.67. The Labute approximate surface area is 166 Å². The Kier molecular flexibility index (Phi) is 8.23. The summed E-state index contributed by atoms with van der Waals surface area (Å²) in [6.07, 6.45) is 2.92. The number of amides is 2. The van der Waals surface area contributed by atoms with Gasteiger partial charge in [0.15, 0.2) is 6.61 Å². The Morgan fingerprint density at radius 3 is 2.44 bits per heavy atom. The first-order valence-electron chi connectivity index (χ1n) is 9.51. The van der Waals surface area contributed by atoms with Crippen LogP contribution in [0.25, 0.3) is 0 Å². The number of ether oxygens (including phenoxy) is 2. The molecule has 2 amide bonds. The number of likely N-dealkylation sites (tertiary alicyclic amines) is 1. The molecule has 150 valence electrons. The Hall–Kier alpha value is -1.95. The summed E-state index contributed by atoms with van der Waals surface area (Å²) in [5, 5.41) is 3.59. The number of hydrogen-bond donors (Lipinski definition) is 1. The molecular formula is C20H29ClN2O4. The van der Waals surface area contributed by atoms with Crippen LogP contribution >= 0.6 is 11.6 Å². The molecule has 0 unspecified atom stereocenters. The number of carbonyl (C=O) groups is 2. The minimum atomic E-state index is -0.370. The molecule has 7 heteroatoms. The van der Waals surface area contributed by atoms with Gasteiger partial charge in [-0.2, -0.15) is 0 Å². The average molecular weight is 397 g/mol. The Balaban J connectivity index is 1.72. The van der Waals surface area contributed by atoms with Gasteiger partial charge in [0.05, 0.1) is 6.61 Å². The van der Waals surface area contributed by atoms with Gasteiger partial charge in [0.25, 0.3) is 5.91 Å². The maximum atomic E-state index is 12.4. The molecule has 6 nitrogen and oxygen atoms in total. The van der Waals surface area contributed by atoms with E-state index in [-0.39, 0.29) is 24.6 Å². The summed E-state index contributed by atoms with van der Waals surface area (Å²) in [6.45, 7) is 7.51. The SMILES string of the molecule is CCCCOC(=O)NC1CCN(C(=O)COc2cc(C)c(Cl)c(C)c2)CC1. The van der Waals surface area contributed by atoms with Crippen molar-refractivity contribution in [3.63, 3.8) is 0 Å². The molecule has 1 fully saturated rings. The first-order valence-corrected chi connectivity index (χ1v) is 9.89. The monoisotopic (exact) mass is 396 g/mol. The molecule has 1 heterocycles. The van der Waals surface area contributed by atoms with Gasteiger partial charge in [-0.05, 0) is 56.4 Å². The van der Waals surface area contributed by atoms with E-state index in [0.29, 0.717) is 38.3 Å². The third-order valence-corrected chi connectivity index (χ3v) is 5.27. The van der Waals surface area contributed by atoms with Gasteiger partial charge in [-0.25, -0.2) is 4.79 Å². The quantitative estimate of drug-likeness (QED) is 0.711. The summed E-state index contributed by atoms with van der Waals surface area (Å²) >= 11 is 6.15. The molecule has 2 rings (SSSR count). The summed E-state index contributed by atoms with van der Waals surface area (Å²) in [7, 11) is 0. The van der Waals surface area contributed by atoms with Crippen LogP contribution in [-0.4, -0.2) is 49.2 Å². The fourth-order valence-electron chi connectivity index (χ4n) is 3.02. The van der Waals surface area contributed by atoms with Gasteiger partial charge in [0.1, 0.15) is 5.75 Å². The summed E-state index contributed by atoms with van der Waals surface area (Å²) < 4.78 is 10.8. The smallest absolute Gasteiger partial charge is 0.407 e. The van der Waals surface area contributed by atoms with Crippen molar-refractivity contribution in [3.8, 4) is 5.75 Å². The van der Waals surface area contributed by atoms with Crippen molar-refractivity contribution in [2.75, 3.05) is 26.3 Å². The second-order valence-electron chi connectivity index (χ2n) is 6.95. The number of nitrogens with zero attached hydrogens (tertiary/aromatic N) is 1. The van der Waals surface area contributed by atoms with Crippen LogP contribution in [0.4, 0.5) is 4.79 Å². The van der Waals surface area contributed by atoms with Gasteiger partial charge in [-0.3, -0.25) is 4.79 Å². The highest BCUT2D eigenvalue weighted by Crippen LogP contribution is 2.26. The molecule has 1 aromatic carbocycles. The zero-order valence-corrected chi connectivity index (χ0v) is 17.1. The maximum Gasteiger partial charge on any atom is 0.407 e.